The summed E-state index contributed by atoms with van der Waals surface area (Å²) in [5, 5.41) is 17.1. The van der Waals surface area contributed by atoms with Crippen LogP contribution in [0, 0.1) is 11.6 Å². The first-order valence-electron chi connectivity index (χ1n) is 3.39. The van der Waals surface area contributed by atoms with E-state index in [-0.39, 0.29) is 5.56 Å². The summed E-state index contributed by atoms with van der Waals surface area (Å²) in [4.78, 5) is 10.2. The van der Waals surface area contributed by atoms with Crippen LogP contribution >= 0.6 is 0 Å². The molecule has 0 bridgehead atoms. The third kappa shape index (κ3) is 2.14. The van der Waals surface area contributed by atoms with Crippen molar-refractivity contribution >= 4 is 5.97 Å². The fourth-order valence-corrected chi connectivity index (χ4v) is 0.922. The van der Waals surface area contributed by atoms with Gasteiger partial charge in [0.2, 0.25) is 0 Å². The van der Waals surface area contributed by atoms with E-state index in [9.17, 15) is 13.6 Å². The second kappa shape index (κ2) is 3.38. The zero-order valence-electron chi connectivity index (χ0n) is 6.42. The Bertz CT molecular complexity index is 349. The third-order valence-electron chi connectivity index (χ3n) is 1.44. The number of phenolic OH excluding ortho intramolecular Hbond substituents is 1. The molecule has 1 rings (SSSR count). The van der Waals surface area contributed by atoms with E-state index >= 15 is 0 Å². The van der Waals surface area contributed by atoms with Crippen molar-refractivity contribution in [3.05, 3.63) is 29.3 Å². The zero-order chi connectivity index (χ0) is 10.0. The quantitative estimate of drug-likeness (QED) is 0.735. The lowest BCUT2D eigenvalue weighted by atomic mass is 10.1. The molecule has 0 saturated heterocycles. The number of carboxylic acids is 1. The Balaban J connectivity index is 3.12. The van der Waals surface area contributed by atoms with Crippen molar-refractivity contribution in [1.82, 2.24) is 0 Å². The van der Waals surface area contributed by atoms with Gasteiger partial charge in [-0.3, -0.25) is 4.79 Å². The average Bonchev–Trinajstić information content (AvgIpc) is 1.98. The Morgan fingerprint density at radius 2 is 2.00 bits per heavy atom. The molecule has 5 heteroatoms. The van der Waals surface area contributed by atoms with Crippen molar-refractivity contribution in [3.63, 3.8) is 0 Å². The van der Waals surface area contributed by atoms with Gasteiger partial charge in [0.25, 0.3) is 0 Å². The SMILES string of the molecule is O=C(O)Cc1cc(F)cc(O)c1F. The molecule has 0 heterocycles. The van der Waals surface area contributed by atoms with Gasteiger partial charge >= 0.3 is 5.97 Å². The van der Waals surface area contributed by atoms with Crippen molar-refractivity contribution in [2.75, 3.05) is 0 Å². The van der Waals surface area contributed by atoms with E-state index in [0.29, 0.717) is 6.07 Å². The number of carbonyl (C=O) groups is 1. The number of aromatic hydroxyl groups is 1. The lowest BCUT2D eigenvalue weighted by Crippen LogP contribution is -2.03. The molecule has 0 fully saturated rings. The standard InChI is InChI=1S/C8H6F2O3/c9-5-1-4(2-7(12)13)8(10)6(11)3-5/h1,3,11H,2H2,(H,12,13). The number of aliphatic carboxylic acids is 1. The summed E-state index contributed by atoms with van der Waals surface area (Å²) in [6.07, 6.45) is -0.656. The maximum Gasteiger partial charge on any atom is 0.307 e. The molecule has 2 N–H and O–H groups in total. The molecule has 70 valence electrons. The monoisotopic (exact) mass is 188 g/mol. The largest absolute Gasteiger partial charge is 0.505 e. The second-order valence-corrected chi connectivity index (χ2v) is 2.47. The maximum absolute atomic E-state index is 12.9. The summed E-state index contributed by atoms with van der Waals surface area (Å²) in [6, 6.07) is 1.32. The summed E-state index contributed by atoms with van der Waals surface area (Å²) < 4.78 is 25.4. The number of phenols is 1. The van der Waals surface area contributed by atoms with Crippen LogP contribution in [0.2, 0.25) is 0 Å². The lowest BCUT2D eigenvalue weighted by molar-refractivity contribution is -0.136. The van der Waals surface area contributed by atoms with Crippen LogP contribution in [0.5, 0.6) is 5.75 Å². The topological polar surface area (TPSA) is 57.5 Å². The smallest absolute Gasteiger partial charge is 0.307 e. The molecule has 0 amide bonds. The van der Waals surface area contributed by atoms with Gasteiger partial charge in [0.15, 0.2) is 11.6 Å². The molecule has 3 nitrogen and oxygen atoms in total. The highest BCUT2D eigenvalue weighted by atomic mass is 19.1. The number of rotatable bonds is 2. The minimum absolute atomic E-state index is 0.370. The molecular weight excluding hydrogens is 182 g/mol. The van der Waals surface area contributed by atoms with E-state index in [0.717, 1.165) is 6.07 Å². The summed E-state index contributed by atoms with van der Waals surface area (Å²) in [6.45, 7) is 0. The van der Waals surface area contributed by atoms with Crippen LogP contribution in [0.3, 0.4) is 0 Å². The predicted octanol–water partition coefficient (Wildman–Crippen LogP) is 1.30. The van der Waals surface area contributed by atoms with Gasteiger partial charge < -0.3 is 10.2 Å². The highest BCUT2D eigenvalue weighted by Crippen LogP contribution is 2.21. The lowest BCUT2D eigenvalue weighted by Gasteiger charge is -2.01. The second-order valence-electron chi connectivity index (χ2n) is 2.47. The fraction of sp³-hybridized carbons (Fsp3) is 0.125. The van der Waals surface area contributed by atoms with Crippen LogP contribution in [0.1, 0.15) is 5.56 Å². The molecular formula is C8H6F2O3. The molecule has 1 aromatic rings. The van der Waals surface area contributed by atoms with Crippen molar-refractivity contribution in [2.45, 2.75) is 6.42 Å². The molecule has 0 aromatic heterocycles. The van der Waals surface area contributed by atoms with Crippen LogP contribution < -0.4 is 0 Å². The molecule has 0 radical (unpaired) electrons. The van der Waals surface area contributed by atoms with Crippen LogP contribution in [0.25, 0.3) is 0 Å². The summed E-state index contributed by atoms with van der Waals surface area (Å²) >= 11 is 0. The van der Waals surface area contributed by atoms with Gasteiger partial charge in [-0.2, -0.15) is 0 Å². The van der Waals surface area contributed by atoms with Gasteiger partial charge in [-0.15, -0.1) is 0 Å². The van der Waals surface area contributed by atoms with E-state index in [1.807, 2.05) is 0 Å². The Labute approximate surface area is 72.2 Å². The van der Waals surface area contributed by atoms with Crippen LogP contribution in [0.4, 0.5) is 8.78 Å². The van der Waals surface area contributed by atoms with Crippen molar-refractivity contribution in [3.8, 4) is 5.75 Å². The Kier molecular flexibility index (Phi) is 2.46. The van der Waals surface area contributed by atoms with Gasteiger partial charge in [-0.05, 0) is 6.07 Å². The number of carboxylic acid groups (broad SMARTS) is 1. The van der Waals surface area contributed by atoms with Crippen LogP contribution in [0.15, 0.2) is 12.1 Å². The first kappa shape index (κ1) is 9.44. The molecule has 0 aliphatic rings. The fourth-order valence-electron chi connectivity index (χ4n) is 0.922. The van der Waals surface area contributed by atoms with E-state index in [2.05, 4.69) is 0 Å². The molecule has 0 aliphatic carbocycles. The molecule has 1 aromatic carbocycles. The number of benzene rings is 1. The van der Waals surface area contributed by atoms with Crippen molar-refractivity contribution < 1.29 is 23.8 Å². The number of halogens is 2. The maximum atomic E-state index is 12.9. The average molecular weight is 188 g/mol. The molecule has 0 saturated carbocycles. The predicted molar refractivity (Wildman–Crippen MR) is 39.4 cm³/mol. The summed E-state index contributed by atoms with van der Waals surface area (Å²) in [7, 11) is 0. The van der Waals surface area contributed by atoms with Gasteiger partial charge in [-0.1, -0.05) is 0 Å². The van der Waals surface area contributed by atoms with E-state index in [1.54, 1.807) is 0 Å². The number of hydrogen-bond acceptors (Lipinski definition) is 2. The van der Waals surface area contributed by atoms with E-state index in [1.165, 1.54) is 0 Å². The highest BCUT2D eigenvalue weighted by Gasteiger charge is 2.12. The third-order valence-corrected chi connectivity index (χ3v) is 1.44. The van der Waals surface area contributed by atoms with Crippen molar-refractivity contribution in [2.24, 2.45) is 0 Å². The number of hydrogen-bond donors (Lipinski definition) is 2. The van der Waals surface area contributed by atoms with E-state index in [4.69, 9.17) is 10.2 Å². The van der Waals surface area contributed by atoms with Gasteiger partial charge in [0, 0.05) is 11.6 Å². The van der Waals surface area contributed by atoms with E-state index < -0.39 is 29.8 Å². The van der Waals surface area contributed by atoms with Crippen molar-refractivity contribution in [1.29, 1.82) is 0 Å². The summed E-state index contributed by atoms with van der Waals surface area (Å²) in [5.41, 5.74) is -0.370. The Hall–Kier alpha value is -1.65. The normalized spacial score (nSPS) is 10.0. The Morgan fingerprint density at radius 1 is 1.38 bits per heavy atom. The van der Waals surface area contributed by atoms with Gasteiger partial charge in [0.05, 0.1) is 6.42 Å². The van der Waals surface area contributed by atoms with Crippen LogP contribution in [-0.4, -0.2) is 16.2 Å². The summed E-state index contributed by atoms with van der Waals surface area (Å²) in [5.74, 6) is -4.13. The minimum Gasteiger partial charge on any atom is -0.505 e. The molecule has 13 heavy (non-hydrogen) atoms. The minimum atomic E-state index is -1.29. The molecule has 0 spiro atoms. The first-order chi connectivity index (χ1) is 6.00. The molecule has 0 atom stereocenters. The van der Waals surface area contributed by atoms with Crippen LogP contribution in [-0.2, 0) is 11.2 Å². The molecule has 0 unspecified atom stereocenters. The van der Waals surface area contributed by atoms with Gasteiger partial charge in [-0.25, -0.2) is 8.78 Å². The molecule has 0 aliphatic heterocycles. The first-order valence-corrected chi connectivity index (χ1v) is 3.39. The van der Waals surface area contributed by atoms with Gasteiger partial charge in [0.1, 0.15) is 5.82 Å². The zero-order valence-corrected chi connectivity index (χ0v) is 6.42. The highest BCUT2D eigenvalue weighted by molar-refractivity contribution is 5.70. The Morgan fingerprint density at radius 3 is 2.54 bits per heavy atom.